The molecule has 2 aromatic rings. The van der Waals surface area contributed by atoms with Crippen LogP contribution in [-0.2, 0) is 28.9 Å². The first-order valence-corrected chi connectivity index (χ1v) is 11.0. The third kappa shape index (κ3) is 3.46. The fourth-order valence-electron chi connectivity index (χ4n) is 4.63. The maximum atomic E-state index is 5.97. The number of aryl methyl sites for hydroxylation is 2. The normalized spacial score (nSPS) is 26.7. The first kappa shape index (κ1) is 17.8. The highest BCUT2D eigenvalue weighted by Gasteiger charge is 2.29. The summed E-state index contributed by atoms with van der Waals surface area (Å²) in [5.41, 5.74) is 1.51. The number of morpholine rings is 2. The van der Waals surface area contributed by atoms with Crippen molar-refractivity contribution in [3.8, 4) is 0 Å². The average Bonchev–Trinajstić information content (AvgIpc) is 3.22. The number of aromatic nitrogens is 2. The Labute approximate surface area is 164 Å². The molecule has 2 fully saturated rings. The van der Waals surface area contributed by atoms with E-state index in [1.807, 2.05) is 11.3 Å². The van der Waals surface area contributed by atoms with Crippen molar-refractivity contribution in [1.82, 2.24) is 14.9 Å². The van der Waals surface area contributed by atoms with Crippen molar-refractivity contribution >= 4 is 27.4 Å². The Morgan fingerprint density at radius 3 is 2.63 bits per heavy atom. The van der Waals surface area contributed by atoms with Crippen molar-refractivity contribution in [3.63, 3.8) is 0 Å². The van der Waals surface area contributed by atoms with Crippen molar-refractivity contribution in [2.24, 2.45) is 0 Å². The van der Waals surface area contributed by atoms with E-state index in [0.29, 0.717) is 0 Å². The number of nitrogens with zero attached hydrogens (tertiary/aromatic N) is 4. The van der Waals surface area contributed by atoms with E-state index < -0.39 is 0 Å². The molecule has 7 heteroatoms. The Hall–Kier alpha value is -1.28. The van der Waals surface area contributed by atoms with Crippen molar-refractivity contribution in [2.45, 2.75) is 51.9 Å². The van der Waals surface area contributed by atoms with Gasteiger partial charge in [-0.25, -0.2) is 9.97 Å². The third-order valence-electron chi connectivity index (χ3n) is 5.78. The minimum atomic E-state index is 0.230. The predicted molar refractivity (Wildman–Crippen MR) is 108 cm³/mol. The van der Waals surface area contributed by atoms with Gasteiger partial charge in [0.2, 0.25) is 0 Å². The van der Waals surface area contributed by atoms with Crippen LogP contribution in [0.1, 0.15) is 36.5 Å². The van der Waals surface area contributed by atoms with Crippen LogP contribution in [0.15, 0.2) is 0 Å². The lowest BCUT2D eigenvalue weighted by molar-refractivity contribution is -0.00541. The molecule has 0 aromatic carbocycles. The standard InChI is InChI=1S/C20H28N4O2S/c1-13-10-24(11-14(2)26-13)19-18-15-4-3-5-16(15)27-20(18)22-17(21-19)12-23-6-8-25-9-7-23/h13-14H,3-12H2,1-2H3/t13-,14+. The molecule has 0 unspecified atom stereocenters. The SMILES string of the molecule is C[C@@H]1CN(c2nc(CN3CCOCC3)nc3sc4c(c23)CCC4)C[C@H](C)O1. The van der Waals surface area contributed by atoms with Gasteiger partial charge in [0.15, 0.2) is 0 Å². The van der Waals surface area contributed by atoms with Crippen LogP contribution in [-0.4, -0.2) is 66.5 Å². The highest BCUT2D eigenvalue weighted by atomic mass is 32.1. The van der Waals surface area contributed by atoms with Crippen molar-refractivity contribution in [3.05, 3.63) is 16.3 Å². The topological polar surface area (TPSA) is 50.7 Å². The van der Waals surface area contributed by atoms with Gasteiger partial charge in [-0.15, -0.1) is 11.3 Å². The molecule has 0 saturated carbocycles. The molecule has 27 heavy (non-hydrogen) atoms. The fourth-order valence-corrected chi connectivity index (χ4v) is 5.90. The molecular formula is C20H28N4O2S. The van der Waals surface area contributed by atoms with Crippen LogP contribution >= 0.6 is 11.3 Å². The molecule has 5 rings (SSSR count). The van der Waals surface area contributed by atoms with Gasteiger partial charge in [-0.1, -0.05) is 0 Å². The second kappa shape index (κ2) is 7.28. The number of thiophene rings is 1. The molecule has 1 aliphatic carbocycles. The Bertz CT molecular complexity index is 823. The number of anilines is 1. The summed E-state index contributed by atoms with van der Waals surface area (Å²) in [6.07, 6.45) is 4.09. The quantitative estimate of drug-likeness (QED) is 0.806. The summed E-state index contributed by atoms with van der Waals surface area (Å²) in [7, 11) is 0. The largest absolute Gasteiger partial charge is 0.379 e. The molecule has 2 saturated heterocycles. The van der Waals surface area contributed by atoms with Crippen LogP contribution in [0.3, 0.4) is 0 Å². The van der Waals surface area contributed by atoms with E-state index in [0.717, 1.165) is 57.6 Å². The second-order valence-electron chi connectivity index (χ2n) is 8.05. The maximum Gasteiger partial charge on any atom is 0.146 e. The molecule has 0 radical (unpaired) electrons. The van der Waals surface area contributed by atoms with E-state index in [4.69, 9.17) is 19.4 Å². The number of ether oxygens (including phenoxy) is 2. The Morgan fingerprint density at radius 1 is 1.07 bits per heavy atom. The molecule has 0 amide bonds. The molecule has 6 nitrogen and oxygen atoms in total. The van der Waals surface area contributed by atoms with Crippen LogP contribution in [0.4, 0.5) is 5.82 Å². The number of fused-ring (bicyclic) bond motifs is 3. The number of hydrogen-bond donors (Lipinski definition) is 0. The highest BCUT2D eigenvalue weighted by molar-refractivity contribution is 7.19. The van der Waals surface area contributed by atoms with Gasteiger partial charge < -0.3 is 14.4 Å². The van der Waals surface area contributed by atoms with E-state index in [9.17, 15) is 0 Å². The van der Waals surface area contributed by atoms with Crippen molar-refractivity contribution in [2.75, 3.05) is 44.3 Å². The smallest absolute Gasteiger partial charge is 0.146 e. The Balaban J connectivity index is 1.55. The van der Waals surface area contributed by atoms with Gasteiger partial charge in [-0.3, -0.25) is 4.90 Å². The van der Waals surface area contributed by atoms with Crippen molar-refractivity contribution in [1.29, 1.82) is 0 Å². The van der Waals surface area contributed by atoms with Crippen LogP contribution in [0.2, 0.25) is 0 Å². The second-order valence-corrected chi connectivity index (χ2v) is 9.14. The zero-order chi connectivity index (χ0) is 18.4. The highest BCUT2D eigenvalue weighted by Crippen LogP contribution is 2.41. The van der Waals surface area contributed by atoms with Crippen molar-refractivity contribution < 1.29 is 9.47 Å². The molecule has 2 aromatic heterocycles. The predicted octanol–water partition coefficient (Wildman–Crippen LogP) is 2.63. The van der Waals surface area contributed by atoms with Gasteiger partial charge in [-0.05, 0) is 38.7 Å². The number of hydrogen-bond acceptors (Lipinski definition) is 7. The summed E-state index contributed by atoms with van der Waals surface area (Å²) in [6, 6.07) is 0. The first-order chi connectivity index (χ1) is 13.2. The lowest BCUT2D eigenvalue weighted by Crippen LogP contribution is -2.46. The summed E-state index contributed by atoms with van der Waals surface area (Å²) in [6.45, 7) is 10.5. The maximum absolute atomic E-state index is 5.97. The van der Waals surface area contributed by atoms with Gasteiger partial charge >= 0.3 is 0 Å². The molecule has 0 bridgehead atoms. The first-order valence-electron chi connectivity index (χ1n) is 10.2. The molecule has 0 N–H and O–H groups in total. The monoisotopic (exact) mass is 388 g/mol. The third-order valence-corrected chi connectivity index (χ3v) is 6.97. The van der Waals surface area contributed by atoms with Gasteiger partial charge in [-0.2, -0.15) is 0 Å². The molecular weight excluding hydrogens is 360 g/mol. The molecule has 0 spiro atoms. The number of rotatable bonds is 3. The Kier molecular flexibility index (Phi) is 4.80. The fraction of sp³-hybridized carbons (Fsp3) is 0.700. The molecule has 2 atom stereocenters. The van der Waals surface area contributed by atoms with Crippen LogP contribution in [0.25, 0.3) is 10.2 Å². The Morgan fingerprint density at radius 2 is 1.85 bits per heavy atom. The van der Waals surface area contributed by atoms with Gasteiger partial charge in [0.05, 0.1) is 37.4 Å². The van der Waals surface area contributed by atoms with Crippen LogP contribution < -0.4 is 4.90 Å². The summed E-state index contributed by atoms with van der Waals surface area (Å²) < 4.78 is 11.5. The molecule has 146 valence electrons. The van der Waals surface area contributed by atoms with Crippen LogP contribution in [0, 0.1) is 0 Å². The summed E-state index contributed by atoms with van der Waals surface area (Å²) in [5.74, 6) is 2.09. The summed E-state index contributed by atoms with van der Waals surface area (Å²) >= 11 is 1.89. The van der Waals surface area contributed by atoms with Gasteiger partial charge in [0.1, 0.15) is 16.5 Å². The minimum absolute atomic E-state index is 0.230. The lowest BCUT2D eigenvalue weighted by Gasteiger charge is -2.36. The van der Waals surface area contributed by atoms with Crippen LogP contribution in [0.5, 0.6) is 0 Å². The molecule has 2 aliphatic heterocycles. The zero-order valence-electron chi connectivity index (χ0n) is 16.2. The van der Waals surface area contributed by atoms with Gasteiger partial charge in [0, 0.05) is 31.1 Å². The summed E-state index contributed by atoms with van der Waals surface area (Å²) in [4.78, 5) is 17.7. The molecule has 3 aliphatic rings. The summed E-state index contributed by atoms with van der Waals surface area (Å²) in [5, 5.41) is 1.32. The zero-order valence-corrected chi connectivity index (χ0v) is 17.1. The van der Waals surface area contributed by atoms with E-state index >= 15 is 0 Å². The minimum Gasteiger partial charge on any atom is -0.379 e. The molecule has 4 heterocycles. The average molecular weight is 389 g/mol. The van der Waals surface area contributed by atoms with E-state index in [1.165, 1.54) is 39.9 Å². The van der Waals surface area contributed by atoms with E-state index in [1.54, 1.807) is 0 Å². The lowest BCUT2D eigenvalue weighted by atomic mass is 10.1. The van der Waals surface area contributed by atoms with E-state index in [-0.39, 0.29) is 12.2 Å². The van der Waals surface area contributed by atoms with Gasteiger partial charge in [0.25, 0.3) is 0 Å². The van der Waals surface area contributed by atoms with E-state index in [2.05, 4.69) is 23.6 Å².